The molecule has 0 aliphatic heterocycles. The van der Waals surface area contributed by atoms with E-state index in [9.17, 15) is 0 Å². The van der Waals surface area contributed by atoms with Crippen molar-refractivity contribution in [1.29, 1.82) is 0 Å². The molecule has 0 spiro atoms. The van der Waals surface area contributed by atoms with Crippen LogP contribution in [0.3, 0.4) is 0 Å². The van der Waals surface area contributed by atoms with Gasteiger partial charge in [0.1, 0.15) is 0 Å². The number of benzene rings is 2. The molecule has 1 heterocycles. The maximum absolute atomic E-state index is 6.04. The van der Waals surface area contributed by atoms with Crippen LogP contribution in [0, 0.1) is 6.92 Å². The topological polar surface area (TPSA) is 30.7 Å². The Bertz CT molecular complexity index is 814. The van der Waals surface area contributed by atoms with Gasteiger partial charge in [0.2, 0.25) is 0 Å². The third kappa shape index (κ3) is 3.59. The maximum Gasteiger partial charge on any atom is 0.191 e. The third-order valence-corrected chi connectivity index (χ3v) is 4.95. The van der Waals surface area contributed by atoms with E-state index in [2.05, 4.69) is 46.8 Å². The quantitative estimate of drug-likeness (QED) is 0.595. The van der Waals surface area contributed by atoms with E-state index in [0.29, 0.717) is 0 Å². The van der Waals surface area contributed by atoms with Crippen LogP contribution in [-0.4, -0.2) is 14.8 Å². The van der Waals surface area contributed by atoms with Crippen LogP contribution in [-0.2, 0) is 12.3 Å². The predicted octanol–water partition coefficient (Wildman–Crippen LogP) is 5.22. The largest absolute Gasteiger partial charge is 0.302 e. The lowest BCUT2D eigenvalue weighted by Gasteiger charge is -2.09. The first-order chi connectivity index (χ1) is 11.2. The minimum absolute atomic E-state index is 0.764. The highest BCUT2D eigenvalue weighted by Crippen LogP contribution is 2.28. The average Bonchev–Trinajstić information content (AvgIpc) is 2.96. The Morgan fingerprint density at radius 1 is 1.09 bits per heavy atom. The Balaban J connectivity index is 1.85. The van der Waals surface area contributed by atoms with Crippen molar-refractivity contribution in [2.75, 3.05) is 0 Å². The van der Waals surface area contributed by atoms with Crippen LogP contribution < -0.4 is 0 Å². The van der Waals surface area contributed by atoms with Crippen LogP contribution in [0.4, 0.5) is 0 Å². The summed E-state index contributed by atoms with van der Waals surface area (Å²) in [5.74, 6) is 1.76. The van der Waals surface area contributed by atoms with Crippen LogP contribution in [0.1, 0.15) is 18.1 Å². The maximum atomic E-state index is 6.04. The van der Waals surface area contributed by atoms with Gasteiger partial charge in [-0.2, -0.15) is 0 Å². The number of aryl methyl sites for hydroxylation is 1. The second-order valence-corrected chi connectivity index (χ2v) is 6.66. The summed E-state index contributed by atoms with van der Waals surface area (Å²) >= 11 is 7.73. The van der Waals surface area contributed by atoms with Gasteiger partial charge in [-0.25, -0.2) is 0 Å². The minimum Gasteiger partial charge on any atom is -0.302 e. The summed E-state index contributed by atoms with van der Waals surface area (Å²) in [6.07, 6.45) is 0. The molecule has 1 aromatic heterocycles. The van der Waals surface area contributed by atoms with Crippen molar-refractivity contribution >= 4 is 23.4 Å². The van der Waals surface area contributed by atoms with Crippen molar-refractivity contribution in [3.05, 3.63) is 64.7 Å². The van der Waals surface area contributed by atoms with E-state index in [4.69, 9.17) is 11.6 Å². The zero-order valence-corrected chi connectivity index (χ0v) is 14.7. The van der Waals surface area contributed by atoms with E-state index in [-0.39, 0.29) is 0 Å². The molecule has 3 nitrogen and oxygen atoms in total. The fourth-order valence-electron chi connectivity index (χ4n) is 2.48. The van der Waals surface area contributed by atoms with Gasteiger partial charge in [0.25, 0.3) is 0 Å². The Hall–Kier alpha value is -1.78. The standard InChI is InChI=1S/C18H18ClN3S/c1-3-22-17(16-10-5-4-7-13(16)2)20-21-18(22)23-12-14-8-6-9-15(19)11-14/h4-11H,3,12H2,1-2H3. The molecule has 118 valence electrons. The molecule has 3 rings (SSSR count). The second-order valence-electron chi connectivity index (χ2n) is 5.28. The van der Waals surface area contributed by atoms with Crippen molar-refractivity contribution in [3.63, 3.8) is 0 Å². The van der Waals surface area contributed by atoms with Gasteiger partial charge in [-0.15, -0.1) is 10.2 Å². The monoisotopic (exact) mass is 343 g/mol. The van der Waals surface area contributed by atoms with Crippen molar-refractivity contribution in [1.82, 2.24) is 14.8 Å². The molecule has 2 aromatic carbocycles. The highest BCUT2D eigenvalue weighted by molar-refractivity contribution is 7.98. The minimum atomic E-state index is 0.764. The Labute approximate surface area is 145 Å². The molecule has 0 saturated carbocycles. The van der Waals surface area contributed by atoms with E-state index < -0.39 is 0 Å². The van der Waals surface area contributed by atoms with Gasteiger partial charge < -0.3 is 4.57 Å². The summed E-state index contributed by atoms with van der Waals surface area (Å²) in [4.78, 5) is 0. The van der Waals surface area contributed by atoms with Crippen molar-refractivity contribution in [2.45, 2.75) is 31.3 Å². The smallest absolute Gasteiger partial charge is 0.191 e. The van der Waals surface area contributed by atoms with Crippen LogP contribution in [0.25, 0.3) is 11.4 Å². The molecule has 0 N–H and O–H groups in total. The van der Waals surface area contributed by atoms with Crippen LogP contribution >= 0.6 is 23.4 Å². The SMILES string of the molecule is CCn1c(SCc2cccc(Cl)c2)nnc1-c1ccccc1C. The second kappa shape index (κ2) is 7.20. The van der Waals surface area contributed by atoms with E-state index in [0.717, 1.165) is 33.9 Å². The lowest BCUT2D eigenvalue weighted by Crippen LogP contribution is -2.00. The first-order valence-corrected chi connectivity index (χ1v) is 8.92. The molecule has 0 unspecified atom stereocenters. The van der Waals surface area contributed by atoms with Gasteiger partial charge in [-0.05, 0) is 37.1 Å². The summed E-state index contributed by atoms with van der Waals surface area (Å²) < 4.78 is 2.16. The molecule has 0 atom stereocenters. The summed E-state index contributed by atoms with van der Waals surface area (Å²) in [5, 5.41) is 10.5. The number of hydrogen-bond acceptors (Lipinski definition) is 3. The third-order valence-electron chi connectivity index (χ3n) is 3.68. The number of nitrogens with zero attached hydrogens (tertiary/aromatic N) is 3. The van der Waals surface area contributed by atoms with Crippen LogP contribution in [0.2, 0.25) is 5.02 Å². The van der Waals surface area contributed by atoms with Gasteiger partial charge in [-0.3, -0.25) is 0 Å². The Morgan fingerprint density at radius 3 is 2.65 bits per heavy atom. The van der Waals surface area contributed by atoms with Gasteiger partial charge in [0, 0.05) is 22.9 Å². The number of hydrogen-bond donors (Lipinski definition) is 0. The molecule has 0 aliphatic carbocycles. The van der Waals surface area contributed by atoms with Crippen molar-refractivity contribution in [2.24, 2.45) is 0 Å². The first-order valence-electron chi connectivity index (χ1n) is 7.55. The molecule has 0 saturated heterocycles. The molecule has 0 radical (unpaired) electrons. The normalized spacial score (nSPS) is 10.9. The zero-order valence-electron chi connectivity index (χ0n) is 13.2. The summed E-state index contributed by atoms with van der Waals surface area (Å²) in [6.45, 7) is 5.06. The summed E-state index contributed by atoms with van der Waals surface area (Å²) in [5.41, 5.74) is 3.53. The first kappa shape index (κ1) is 16.1. The number of thioether (sulfide) groups is 1. The van der Waals surface area contributed by atoms with Gasteiger partial charge in [-0.1, -0.05) is 59.8 Å². The molecule has 0 fully saturated rings. The van der Waals surface area contributed by atoms with Crippen LogP contribution in [0.5, 0.6) is 0 Å². The number of halogens is 1. The van der Waals surface area contributed by atoms with Gasteiger partial charge >= 0.3 is 0 Å². The van der Waals surface area contributed by atoms with Gasteiger partial charge in [0.15, 0.2) is 11.0 Å². The summed E-state index contributed by atoms with van der Waals surface area (Å²) in [6, 6.07) is 16.2. The number of rotatable bonds is 5. The fourth-order valence-corrected chi connectivity index (χ4v) is 3.64. The predicted molar refractivity (Wildman–Crippen MR) is 96.9 cm³/mol. The summed E-state index contributed by atoms with van der Waals surface area (Å²) in [7, 11) is 0. The highest BCUT2D eigenvalue weighted by atomic mass is 35.5. The average molecular weight is 344 g/mol. The van der Waals surface area contributed by atoms with Crippen molar-refractivity contribution in [3.8, 4) is 11.4 Å². The Morgan fingerprint density at radius 2 is 1.91 bits per heavy atom. The number of aromatic nitrogens is 3. The van der Waals surface area contributed by atoms with E-state index in [1.807, 2.05) is 30.3 Å². The van der Waals surface area contributed by atoms with E-state index in [1.54, 1.807) is 11.8 Å². The zero-order chi connectivity index (χ0) is 16.2. The lowest BCUT2D eigenvalue weighted by molar-refractivity contribution is 0.687. The Kier molecular flexibility index (Phi) is 5.03. The molecule has 3 aromatic rings. The molecule has 0 bridgehead atoms. The van der Waals surface area contributed by atoms with E-state index >= 15 is 0 Å². The molecular formula is C18H18ClN3S. The molecule has 23 heavy (non-hydrogen) atoms. The van der Waals surface area contributed by atoms with Crippen LogP contribution in [0.15, 0.2) is 53.7 Å². The molecular weight excluding hydrogens is 326 g/mol. The fraction of sp³-hybridized carbons (Fsp3) is 0.222. The highest BCUT2D eigenvalue weighted by Gasteiger charge is 2.14. The lowest BCUT2D eigenvalue weighted by atomic mass is 10.1. The molecule has 0 amide bonds. The molecule has 0 aliphatic rings. The molecule has 5 heteroatoms. The van der Waals surface area contributed by atoms with Gasteiger partial charge in [0.05, 0.1) is 0 Å². The van der Waals surface area contributed by atoms with E-state index in [1.165, 1.54) is 11.1 Å². The van der Waals surface area contributed by atoms with Crippen molar-refractivity contribution < 1.29 is 0 Å².